The Morgan fingerprint density at radius 1 is 1.67 bits per heavy atom. The Kier molecular flexibility index (Phi) is 4.24. The van der Waals surface area contributed by atoms with Crippen molar-refractivity contribution in [3.63, 3.8) is 0 Å². The first kappa shape index (κ1) is 15.4. The second kappa shape index (κ2) is 5.78. The molecule has 1 aliphatic rings. The molecule has 5 nitrogen and oxygen atoms in total. The molecule has 0 unspecified atom stereocenters. The van der Waals surface area contributed by atoms with Gasteiger partial charge in [-0.2, -0.15) is 5.26 Å². The van der Waals surface area contributed by atoms with Crippen molar-refractivity contribution in [2.45, 2.75) is 39.7 Å². The quantitative estimate of drug-likeness (QED) is 0.858. The molecule has 1 aromatic heterocycles. The summed E-state index contributed by atoms with van der Waals surface area (Å²) >= 11 is 0. The third-order valence-corrected chi connectivity index (χ3v) is 3.64. The van der Waals surface area contributed by atoms with Gasteiger partial charge < -0.3 is 0 Å². The number of aryl methyl sites for hydroxylation is 1. The normalized spacial score (nSPS) is 18.6. The molecule has 1 saturated heterocycles. The highest BCUT2D eigenvalue weighted by molar-refractivity contribution is 5.82. The van der Waals surface area contributed by atoms with E-state index < -0.39 is 11.2 Å². The molecular weight excluding hydrogens is 273 g/mol. The number of pyridine rings is 1. The predicted octanol–water partition coefficient (Wildman–Crippen LogP) is 2.67. The molecule has 2 rings (SSSR count). The van der Waals surface area contributed by atoms with E-state index in [1.807, 2.05) is 6.07 Å². The summed E-state index contributed by atoms with van der Waals surface area (Å²) in [5.41, 5.74) is 0.0886. The van der Waals surface area contributed by atoms with Gasteiger partial charge in [0.25, 0.3) is 5.91 Å². The second-order valence-corrected chi connectivity index (χ2v) is 5.82. The van der Waals surface area contributed by atoms with Gasteiger partial charge in [-0.05, 0) is 32.4 Å². The number of hydroxylamine groups is 2. The number of halogens is 1. The van der Waals surface area contributed by atoms with Crippen LogP contribution in [-0.2, 0) is 9.63 Å². The molecule has 0 spiro atoms. The Labute approximate surface area is 123 Å². The van der Waals surface area contributed by atoms with Crippen molar-refractivity contribution >= 4 is 5.91 Å². The SMILES string of the molecule is Cc1ncc([C@@H]2CCON2C(=O)C(C)(C)CC#N)cc1F. The highest BCUT2D eigenvalue weighted by atomic mass is 19.1. The van der Waals surface area contributed by atoms with E-state index >= 15 is 0 Å². The first-order valence-corrected chi connectivity index (χ1v) is 6.82. The minimum atomic E-state index is -0.839. The number of carbonyl (C=O) groups excluding carboxylic acids is 1. The largest absolute Gasteiger partial charge is 0.272 e. The molecule has 1 aromatic rings. The average molecular weight is 291 g/mol. The molecule has 0 N–H and O–H groups in total. The number of nitrogens with zero attached hydrogens (tertiary/aromatic N) is 3. The Morgan fingerprint density at radius 2 is 2.38 bits per heavy atom. The standard InChI is InChI=1S/C15H18FN3O2/c1-10-12(16)8-11(9-18-10)13-4-7-21-19(13)14(20)15(2,3)5-6-17/h8-9,13H,4-5,7H2,1-3H3/t13-/m0/s1. The van der Waals surface area contributed by atoms with E-state index in [4.69, 9.17) is 10.1 Å². The van der Waals surface area contributed by atoms with Gasteiger partial charge in [0, 0.05) is 19.0 Å². The van der Waals surface area contributed by atoms with E-state index in [1.54, 1.807) is 27.0 Å². The van der Waals surface area contributed by atoms with Crippen molar-refractivity contribution in [3.05, 3.63) is 29.3 Å². The fourth-order valence-electron chi connectivity index (χ4n) is 2.25. The molecular formula is C15H18FN3O2. The van der Waals surface area contributed by atoms with Crippen LogP contribution in [0.3, 0.4) is 0 Å². The lowest BCUT2D eigenvalue weighted by Gasteiger charge is -2.30. The van der Waals surface area contributed by atoms with Crippen LogP contribution in [0.2, 0.25) is 0 Å². The van der Waals surface area contributed by atoms with Crippen LogP contribution in [-0.4, -0.2) is 22.6 Å². The number of hydrogen-bond donors (Lipinski definition) is 0. The van der Waals surface area contributed by atoms with E-state index in [2.05, 4.69) is 4.98 Å². The number of nitriles is 1. The lowest BCUT2D eigenvalue weighted by atomic mass is 9.88. The Bertz CT molecular complexity index is 595. The third-order valence-electron chi connectivity index (χ3n) is 3.64. The van der Waals surface area contributed by atoms with Crippen LogP contribution < -0.4 is 0 Å². The highest BCUT2D eigenvalue weighted by Gasteiger charge is 2.40. The zero-order chi connectivity index (χ0) is 15.6. The van der Waals surface area contributed by atoms with Crippen LogP contribution in [0.5, 0.6) is 0 Å². The van der Waals surface area contributed by atoms with E-state index in [0.29, 0.717) is 24.3 Å². The fourth-order valence-corrected chi connectivity index (χ4v) is 2.25. The smallest absolute Gasteiger partial charge is 0.253 e. The van der Waals surface area contributed by atoms with Crippen LogP contribution >= 0.6 is 0 Å². The van der Waals surface area contributed by atoms with Gasteiger partial charge in [0.1, 0.15) is 5.82 Å². The number of rotatable bonds is 3. The van der Waals surface area contributed by atoms with Crippen LogP contribution in [0, 0.1) is 29.5 Å². The summed E-state index contributed by atoms with van der Waals surface area (Å²) in [6.07, 6.45) is 2.24. The van der Waals surface area contributed by atoms with Crippen molar-refractivity contribution in [2.75, 3.05) is 6.61 Å². The molecule has 6 heteroatoms. The molecule has 112 valence electrons. The second-order valence-electron chi connectivity index (χ2n) is 5.82. The maximum atomic E-state index is 13.7. The predicted molar refractivity (Wildman–Crippen MR) is 73.1 cm³/mol. The first-order valence-electron chi connectivity index (χ1n) is 6.82. The molecule has 2 heterocycles. The van der Waals surface area contributed by atoms with E-state index in [-0.39, 0.29) is 18.4 Å². The van der Waals surface area contributed by atoms with Gasteiger partial charge in [0.05, 0.1) is 29.8 Å². The Morgan fingerprint density at radius 3 is 3.00 bits per heavy atom. The Hall–Kier alpha value is -2.00. The molecule has 0 bridgehead atoms. The summed E-state index contributed by atoms with van der Waals surface area (Å²) in [5.74, 6) is -0.671. The summed E-state index contributed by atoms with van der Waals surface area (Å²) in [7, 11) is 0. The van der Waals surface area contributed by atoms with Crippen molar-refractivity contribution < 1.29 is 14.0 Å². The highest BCUT2D eigenvalue weighted by Crippen LogP contribution is 2.35. The molecule has 21 heavy (non-hydrogen) atoms. The summed E-state index contributed by atoms with van der Waals surface area (Å²) in [4.78, 5) is 21.9. The van der Waals surface area contributed by atoms with Gasteiger partial charge in [-0.25, -0.2) is 9.45 Å². The van der Waals surface area contributed by atoms with Crippen LogP contribution in [0.4, 0.5) is 4.39 Å². The molecule has 1 amide bonds. The number of aromatic nitrogens is 1. The van der Waals surface area contributed by atoms with Gasteiger partial charge in [-0.3, -0.25) is 14.6 Å². The van der Waals surface area contributed by atoms with Crippen molar-refractivity contribution in [1.82, 2.24) is 10.0 Å². The number of carbonyl (C=O) groups is 1. The zero-order valence-electron chi connectivity index (χ0n) is 12.4. The van der Waals surface area contributed by atoms with Crippen molar-refractivity contribution in [3.8, 4) is 6.07 Å². The van der Waals surface area contributed by atoms with Crippen LogP contribution in [0.1, 0.15) is 44.0 Å². The molecule has 1 atom stereocenters. The fraction of sp³-hybridized carbons (Fsp3) is 0.533. The molecule has 0 aromatic carbocycles. The maximum Gasteiger partial charge on any atom is 0.253 e. The van der Waals surface area contributed by atoms with Gasteiger partial charge in [0.15, 0.2) is 0 Å². The number of hydrogen-bond acceptors (Lipinski definition) is 4. The summed E-state index contributed by atoms with van der Waals surface area (Å²) in [5, 5.41) is 10.1. The molecule has 0 saturated carbocycles. The summed E-state index contributed by atoms with van der Waals surface area (Å²) in [6.45, 7) is 5.37. The first-order chi connectivity index (χ1) is 9.86. The molecule has 1 aliphatic heterocycles. The van der Waals surface area contributed by atoms with Crippen molar-refractivity contribution in [1.29, 1.82) is 5.26 Å². The van der Waals surface area contributed by atoms with Gasteiger partial charge in [-0.1, -0.05) is 0 Å². The maximum absolute atomic E-state index is 13.7. The lowest BCUT2D eigenvalue weighted by molar-refractivity contribution is -0.186. The van der Waals surface area contributed by atoms with E-state index in [0.717, 1.165) is 0 Å². The summed E-state index contributed by atoms with van der Waals surface area (Å²) < 4.78 is 13.7. The zero-order valence-corrected chi connectivity index (χ0v) is 12.4. The lowest BCUT2D eigenvalue weighted by Crippen LogP contribution is -2.39. The minimum Gasteiger partial charge on any atom is -0.272 e. The van der Waals surface area contributed by atoms with Crippen LogP contribution in [0.25, 0.3) is 0 Å². The van der Waals surface area contributed by atoms with E-state index in [1.165, 1.54) is 11.1 Å². The molecule has 1 fully saturated rings. The molecule has 0 aliphatic carbocycles. The van der Waals surface area contributed by atoms with E-state index in [9.17, 15) is 9.18 Å². The third kappa shape index (κ3) is 3.03. The topological polar surface area (TPSA) is 66.2 Å². The molecule has 0 radical (unpaired) electrons. The van der Waals surface area contributed by atoms with Gasteiger partial charge in [-0.15, -0.1) is 0 Å². The van der Waals surface area contributed by atoms with Crippen molar-refractivity contribution in [2.24, 2.45) is 5.41 Å². The number of amides is 1. The van der Waals surface area contributed by atoms with Gasteiger partial charge >= 0.3 is 0 Å². The average Bonchev–Trinajstić information content (AvgIpc) is 2.90. The Balaban J connectivity index is 2.26. The van der Waals surface area contributed by atoms with Crippen LogP contribution in [0.15, 0.2) is 12.3 Å². The van der Waals surface area contributed by atoms with Gasteiger partial charge in [0.2, 0.25) is 0 Å². The monoisotopic (exact) mass is 291 g/mol. The summed E-state index contributed by atoms with van der Waals surface area (Å²) in [6, 6.07) is 3.03. The minimum absolute atomic E-state index is 0.0962.